The number of fused-ring (bicyclic) bond motifs is 1. The summed E-state index contributed by atoms with van der Waals surface area (Å²) in [6.07, 6.45) is 5.60. The van der Waals surface area contributed by atoms with Crippen molar-refractivity contribution < 1.29 is 4.79 Å². The maximum atomic E-state index is 11.4. The van der Waals surface area contributed by atoms with Crippen molar-refractivity contribution in [3.63, 3.8) is 0 Å². The van der Waals surface area contributed by atoms with Gasteiger partial charge in [-0.15, -0.1) is 0 Å². The lowest BCUT2D eigenvalue weighted by atomic mass is 9.96. The molecule has 1 amide bonds. The SMILES string of the molecule is NC(=O)n1c2c(ccc1=O)[C]CCC2. The maximum Gasteiger partial charge on any atom is 0.326 e. The van der Waals surface area contributed by atoms with E-state index in [2.05, 4.69) is 6.42 Å². The molecule has 14 heavy (non-hydrogen) atoms. The van der Waals surface area contributed by atoms with Crippen LogP contribution in [-0.2, 0) is 6.42 Å². The summed E-state index contributed by atoms with van der Waals surface area (Å²) in [4.78, 5) is 22.4. The van der Waals surface area contributed by atoms with E-state index in [1.807, 2.05) is 0 Å². The number of pyridine rings is 1. The second-order valence-electron chi connectivity index (χ2n) is 3.24. The zero-order valence-electron chi connectivity index (χ0n) is 7.62. The van der Waals surface area contributed by atoms with E-state index in [1.165, 1.54) is 6.07 Å². The zero-order valence-corrected chi connectivity index (χ0v) is 7.62. The van der Waals surface area contributed by atoms with Gasteiger partial charge in [0.05, 0.1) is 0 Å². The molecular weight excluding hydrogens is 180 g/mol. The van der Waals surface area contributed by atoms with Crippen molar-refractivity contribution in [1.82, 2.24) is 4.57 Å². The Morgan fingerprint density at radius 2 is 2.29 bits per heavy atom. The molecule has 0 saturated heterocycles. The van der Waals surface area contributed by atoms with Crippen molar-refractivity contribution in [2.24, 2.45) is 5.73 Å². The van der Waals surface area contributed by atoms with E-state index in [-0.39, 0.29) is 5.56 Å². The molecule has 4 nitrogen and oxygen atoms in total. The van der Waals surface area contributed by atoms with Crippen LogP contribution >= 0.6 is 0 Å². The summed E-state index contributed by atoms with van der Waals surface area (Å²) < 4.78 is 1.03. The molecule has 72 valence electrons. The highest BCUT2D eigenvalue weighted by molar-refractivity contribution is 5.75. The number of rotatable bonds is 0. The van der Waals surface area contributed by atoms with E-state index >= 15 is 0 Å². The van der Waals surface area contributed by atoms with Crippen LogP contribution in [-0.4, -0.2) is 10.6 Å². The molecule has 0 unspecified atom stereocenters. The van der Waals surface area contributed by atoms with Gasteiger partial charge < -0.3 is 5.73 Å². The zero-order chi connectivity index (χ0) is 10.1. The monoisotopic (exact) mass is 190 g/mol. The van der Waals surface area contributed by atoms with Gasteiger partial charge in [0.15, 0.2) is 0 Å². The largest absolute Gasteiger partial charge is 0.351 e. The fraction of sp³-hybridized carbons (Fsp3) is 0.300. The molecule has 0 spiro atoms. The highest BCUT2D eigenvalue weighted by Crippen LogP contribution is 2.20. The average Bonchev–Trinajstić information content (AvgIpc) is 2.17. The summed E-state index contributed by atoms with van der Waals surface area (Å²) >= 11 is 0. The van der Waals surface area contributed by atoms with Crippen LogP contribution in [0.2, 0.25) is 0 Å². The number of primary amides is 1. The number of amides is 1. The van der Waals surface area contributed by atoms with Crippen molar-refractivity contribution in [2.75, 3.05) is 0 Å². The van der Waals surface area contributed by atoms with Crippen LogP contribution < -0.4 is 11.3 Å². The van der Waals surface area contributed by atoms with Crippen LogP contribution in [0.3, 0.4) is 0 Å². The van der Waals surface area contributed by atoms with Gasteiger partial charge in [-0.25, -0.2) is 9.36 Å². The molecule has 1 aliphatic carbocycles. The molecule has 2 N–H and O–H groups in total. The number of hydrogen-bond acceptors (Lipinski definition) is 2. The van der Waals surface area contributed by atoms with Gasteiger partial charge in [-0.05, 0) is 24.8 Å². The number of aromatic nitrogens is 1. The molecule has 2 rings (SSSR count). The van der Waals surface area contributed by atoms with E-state index in [1.54, 1.807) is 6.07 Å². The Morgan fingerprint density at radius 1 is 1.50 bits per heavy atom. The third kappa shape index (κ3) is 1.32. The molecule has 1 aromatic rings. The van der Waals surface area contributed by atoms with Crippen molar-refractivity contribution >= 4 is 6.03 Å². The van der Waals surface area contributed by atoms with Crippen LogP contribution in [0.15, 0.2) is 16.9 Å². The van der Waals surface area contributed by atoms with Gasteiger partial charge in [0, 0.05) is 18.2 Å². The fourth-order valence-electron chi connectivity index (χ4n) is 1.71. The van der Waals surface area contributed by atoms with Crippen LogP contribution in [0.25, 0.3) is 0 Å². The lowest BCUT2D eigenvalue weighted by Gasteiger charge is -2.17. The molecule has 0 aromatic carbocycles. The second kappa shape index (κ2) is 3.29. The lowest BCUT2D eigenvalue weighted by molar-refractivity contribution is 0.248. The van der Waals surface area contributed by atoms with Crippen LogP contribution in [0.4, 0.5) is 4.79 Å². The van der Waals surface area contributed by atoms with E-state index in [0.29, 0.717) is 12.1 Å². The Kier molecular flexibility index (Phi) is 2.11. The fourth-order valence-corrected chi connectivity index (χ4v) is 1.71. The average molecular weight is 190 g/mol. The topological polar surface area (TPSA) is 65.1 Å². The van der Waals surface area contributed by atoms with Gasteiger partial charge in [0.25, 0.3) is 5.56 Å². The number of carbonyl (C=O) groups excluding carboxylic acids is 1. The van der Waals surface area contributed by atoms with Crippen molar-refractivity contribution in [3.8, 4) is 0 Å². The molecule has 4 heteroatoms. The third-order valence-electron chi connectivity index (χ3n) is 2.32. The highest BCUT2D eigenvalue weighted by Gasteiger charge is 2.16. The minimum Gasteiger partial charge on any atom is -0.351 e. The second-order valence-corrected chi connectivity index (χ2v) is 3.24. The Balaban J connectivity index is 2.67. The molecule has 0 aliphatic heterocycles. The first kappa shape index (κ1) is 8.99. The molecule has 0 saturated carbocycles. The summed E-state index contributed by atoms with van der Waals surface area (Å²) in [6.45, 7) is 0. The molecule has 0 bridgehead atoms. The molecular formula is C10H10N2O2. The van der Waals surface area contributed by atoms with Crippen LogP contribution in [0.1, 0.15) is 24.1 Å². The van der Waals surface area contributed by atoms with Gasteiger partial charge in [0.2, 0.25) is 0 Å². The van der Waals surface area contributed by atoms with Crippen LogP contribution in [0, 0.1) is 6.42 Å². The molecule has 2 radical (unpaired) electrons. The summed E-state index contributed by atoms with van der Waals surface area (Å²) in [5.74, 6) is 0. The van der Waals surface area contributed by atoms with Gasteiger partial charge in [-0.2, -0.15) is 0 Å². The smallest absolute Gasteiger partial charge is 0.326 e. The Labute approximate surface area is 81.3 Å². The van der Waals surface area contributed by atoms with E-state index in [4.69, 9.17) is 5.73 Å². The molecule has 1 aliphatic rings. The van der Waals surface area contributed by atoms with Gasteiger partial charge in [-0.1, -0.05) is 6.07 Å². The highest BCUT2D eigenvalue weighted by atomic mass is 16.2. The summed E-state index contributed by atoms with van der Waals surface area (Å²) in [7, 11) is 0. The minimum atomic E-state index is -0.712. The predicted molar refractivity (Wildman–Crippen MR) is 51.0 cm³/mol. The summed E-state index contributed by atoms with van der Waals surface area (Å²) in [5.41, 5.74) is 6.29. The van der Waals surface area contributed by atoms with Crippen molar-refractivity contribution in [2.45, 2.75) is 19.3 Å². The van der Waals surface area contributed by atoms with E-state index in [9.17, 15) is 9.59 Å². The first-order valence-corrected chi connectivity index (χ1v) is 4.49. The van der Waals surface area contributed by atoms with E-state index in [0.717, 1.165) is 23.0 Å². The number of carbonyl (C=O) groups is 1. The number of nitrogens with zero attached hydrogens (tertiary/aromatic N) is 1. The van der Waals surface area contributed by atoms with Crippen molar-refractivity contribution in [3.05, 3.63) is 40.2 Å². The third-order valence-corrected chi connectivity index (χ3v) is 2.32. The van der Waals surface area contributed by atoms with Gasteiger partial charge in [-0.3, -0.25) is 4.79 Å². The lowest BCUT2D eigenvalue weighted by Crippen LogP contribution is -2.35. The quantitative estimate of drug-likeness (QED) is 0.648. The minimum absolute atomic E-state index is 0.361. The number of hydrogen-bond donors (Lipinski definition) is 1. The van der Waals surface area contributed by atoms with Gasteiger partial charge >= 0.3 is 6.03 Å². The Hall–Kier alpha value is -1.58. The summed E-state index contributed by atoms with van der Waals surface area (Å²) in [6, 6.07) is 2.33. The van der Waals surface area contributed by atoms with Gasteiger partial charge in [0.1, 0.15) is 0 Å². The van der Waals surface area contributed by atoms with Crippen LogP contribution in [0.5, 0.6) is 0 Å². The predicted octanol–water partition coefficient (Wildman–Crippen LogP) is 0.541. The maximum absolute atomic E-state index is 11.4. The normalized spacial score (nSPS) is 14.9. The van der Waals surface area contributed by atoms with Crippen molar-refractivity contribution in [1.29, 1.82) is 0 Å². The Bertz CT molecular complexity index is 434. The standard InChI is InChI=1S/C10H10N2O2/c11-10(14)12-8-4-2-1-3-7(8)5-6-9(12)13/h5-6H,1-2,4H2,(H2,11,14). The summed E-state index contributed by atoms with van der Waals surface area (Å²) in [5, 5.41) is 0. The first-order chi connectivity index (χ1) is 6.70. The molecule has 0 fully saturated rings. The molecule has 1 heterocycles. The molecule has 1 aromatic heterocycles. The molecule has 0 atom stereocenters. The number of nitrogens with two attached hydrogens (primary N) is 1. The Morgan fingerprint density at radius 3 is 3.00 bits per heavy atom. The first-order valence-electron chi connectivity index (χ1n) is 4.49. The van der Waals surface area contributed by atoms with E-state index < -0.39 is 6.03 Å².